The van der Waals surface area contributed by atoms with Crippen molar-refractivity contribution in [2.75, 3.05) is 13.1 Å². The van der Waals surface area contributed by atoms with Crippen LogP contribution in [0.25, 0.3) is 50.5 Å². The third-order valence-corrected chi connectivity index (χ3v) is 8.47. The normalized spacial score (nSPS) is 14.5. The number of rotatable bonds is 6. The third-order valence-electron chi connectivity index (χ3n) is 8.47. The number of H-pyrrole nitrogens is 2. The summed E-state index contributed by atoms with van der Waals surface area (Å²) in [6.07, 6.45) is 5.55. The number of benzene rings is 2. The number of likely N-dealkylation sites (tertiary alicyclic amines) is 1. The maximum Gasteiger partial charge on any atom is 0.347 e. The number of piperidine rings is 1. The molecule has 1 aliphatic rings. The minimum atomic E-state index is -0.264. The van der Waals surface area contributed by atoms with Crippen LogP contribution in [0.5, 0.6) is 0 Å². The van der Waals surface area contributed by atoms with Gasteiger partial charge in [-0.2, -0.15) is 10.2 Å². The molecule has 10 heteroatoms. The Hall–Kier alpha value is -5.48. The quantitative estimate of drug-likeness (QED) is 0.268. The Morgan fingerprint density at radius 2 is 1.64 bits per heavy atom. The summed E-state index contributed by atoms with van der Waals surface area (Å²) < 4.78 is 1.51. The molecular formula is C34H29N9O. The second kappa shape index (κ2) is 11.0. The molecule has 2 aromatic carbocycles. The van der Waals surface area contributed by atoms with Crippen LogP contribution in [-0.4, -0.2) is 57.7 Å². The van der Waals surface area contributed by atoms with E-state index in [0.717, 1.165) is 77.3 Å². The van der Waals surface area contributed by atoms with E-state index in [1.165, 1.54) is 9.96 Å². The topological polar surface area (TPSA) is 121 Å². The van der Waals surface area contributed by atoms with E-state index in [2.05, 4.69) is 72.7 Å². The number of pyridine rings is 3. The molecule has 8 rings (SSSR count). The summed E-state index contributed by atoms with van der Waals surface area (Å²) in [5.74, 6) is 1.98. The monoisotopic (exact) mass is 579 g/mol. The molecule has 1 fully saturated rings. The fourth-order valence-electron chi connectivity index (χ4n) is 6.13. The summed E-state index contributed by atoms with van der Waals surface area (Å²) >= 11 is 0. The number of hydrogen-bond donors (Lipinski definition) is 2. The molecule has 0 bridgehead atoms. The van der Waals surface area contributed by atoms with Gasteiger partial charge in [0, 0.05) is 41.4 Å². The number of aromatic nitrogens is 8. The molecule has 0 unspecified atom stereocenters. The van der Waals surface area contributed by atoms with Crippen molar-refractivity contribution in [3.05, 3.63) is 119 Å². The first-order valence-corrected chi connectivity index (χ1v) is 14.8. The largest absolute Gasteiger partial charge is 0.347 e. The molecule has 0 spiro atoms. The van der Waals surface area contributed by atoms with Gasteiger partial charge in [0.05, 0.1) is 11.2 Å². The van der Waals surface area contributed by atoms with Crippen molar-refractivity contribution >= 4 is 16.6 Å². The lowest BCUT2D eigenvalue weighted by molar-refractivity contribution is 0.202. The smallest absolute Gasteiger partial charge is 0.299 e. The highest BCUT2D eigenvalue weighted by atomic mass is 16.1. The number of aromatic amines is 2. The Kier molecular flexibility index (Phi) is 6.53. The Morgan fingerprint density at radius 3 is 2.43 bits per heavy atom. The van der Waals surface area contributed by atoms with E-state index in [-0.39, 0.29) is 5.69 Å². The number of nitrogens with zero attached hydrogens (tertiary/aromatic N) is 7. The first-order valence-electron chi connectivity index (χ1n) is 14.8. The zero-order chi connectivity index (χ0) is 29.5. The van der Waals surface area contributed by atoms with Gasteiger partial charge in [-0.15, -0.1) is 0 Å². The van der Waals surface area contributed by atoms with Crippen LogP contribution < -0.4 is 5.69 Å². The highest BCUT2D eigenvalue weighted by Crippen LogP contribution is 2.35. The molecule has 2 N–H and O–H groups in total. The van der Waals surface area contributed by atoms with E-state index in [9.17, 15) is 4.79 Å². The first kappa shape index (κ1) is 26.2. The lowest BCUT2D eigenvalue weighted by Crippen LogP contribution is -2.32. The minimum absolute atomic E-state index is 0.264. The van der Waals surface area contributed by atoms with Gasteiger partial charge >= 0.3 is 5.69 Å². The summed E-state index contributed by atoms with van der Waals surface area (Å²) in [5, 5.41) is 15.2. The van der Waals surface area contributed by atoms with Crippen LogP contribution in [0, 0.1) is 0 Å². The summed E-state index contributed by atoms with van der Waals surface area (Å²) in [7, 11) is 0. The third kappa shape index (κ3) is 4.84. The molecule has 1 saturated heterocycles. The molecule has 44 heavy (non-hydrogen) atoms. The molecule has 0 radical (unpaired) electrons. The zero-order valence-corrected chi connectivity index (χ0v) is 23.9. The van der Waals surface area contributed by atoms with Crippen LogP contribution in [0.4, 0.5) is 0 Å². The molecule has 5 aromatic heterocycles. The van der Waals surface area contributed by atoms with Crippen LogP contribution in [-0.2, 0) is 6.54 Å². The molecule has 6 heterocycles. The molecule has 0 atom stereocenters. The predicted octanol–water partition coefficient (Wildman–Crippen LogP) is 5.46. The maximum absolute atomic E-state index is 12.2. The van der Waals surface area contributed by atoms with Gasteiger partial charge in [-0.05, 0) is 61.3 Å². The number of fused-ring (bicyclic) bond motifs is 3. The lowest BCUT2D eigenvalue weighted by atomic mass is 9.95. The summed E-state index contributed by atoms with van der Waals surface area (Å²) in [6.45, 7) is 2.90. The van der Waals surface area contributed by atoms with Crippen molar-refractivity contribution in [1.29, 1.82) is 0 Å². The van der Waals surface area contributed by atoms with Crippen LogP contribution in [0.15, 0.2) is 102 Å². The van der Waals surface area contributed by atoms with Crippen LogP contribution in [0.2, 0.25) is 0 Å². The highest BCUT2D eigenvalue weighted by molar-refractivity contribution is 5.98. The van der Waals surface area contributed by atoms with Crippen molar-refractivity contribution in [2.24, 2.45) is 0 Å². The standard InChI is InChI=1S/C34H29N9O/c44-34-41-40-33-27-20-26(23-6-2-1-3-7-23)30(36-28(27)15-19-43(33)34)24-11-9-22(10-12-24)21-42-17-13-25(14-18-42)31-37-32(39-38-31)29-8-4-5-16-35-29/h1-12,15-16,19-20,25H,13-14,17-18,21H2,(H,41,44)(H,37,38,39). The Balaban J connectivity index is 1.01. The van der Waals surface area contributed by atoms with Gasteiger partial charge in [0.15, 0.2) is 11.5 Å². The highest BCUT2D eigenvalue weighted by Gasteiger charge is 2.24. The molecule has 1 aliphatic heterocycles. The summed E-state index contributed by atoms with van der Waals surface area (Å²) in [6, 6.07) is 28.7. The van der Waals surface area contributed by atoms with Crippen molar-refractivity contribution in [3.8, 4) is 33.9 Å². The number of hydrogen-bond acceptors (Lipinski definition) is 7. The number of nitrogens with one attached hydrogen (secondary N) is 2. The molecule has 0 amide bonds. The molecule has 7 aromatic rings. The van der Waals surface area contributed by atoms with E-state index in [4.69, 9.17) is 9.97 Å². The van der Waals surface area contributed by atoms with E-state index in [0.29, 0.717) is 17.4 Å². The van der Waals surface area contributed by atoms with Gasteiger partial charge in [0.2, 0.25) is 0 Å². The van der Waals surface area contributed by atoms with Crippen LogP contribution in [0.1, 0.15) is 30.1 Å². The Bertz CT molecular complexity index is 2130. The van der Waals surface area contributed by atoms with E-state index in [1.807, 2.05) is 42.5 Å². The van der Waals surface area contributed by atoms with Crippen molar-refractivity contribution in [1.82, 2.24) is 44.6 Å². The SMILES string of the molecule is O=c1[nH]nc2c3cc(-c4ccccc4)c(-c4ccc(CN5CCC(c6nc(-c7ccccn7)n[nH]6)CC5)cc4)nc3ccn12. The van der Waals surface area contributed by atoms with Crippen LogP contribution in [0.3, 0.4) is 0 Å². The van der Waals surface area contributed by atoms with Gasteiger partial charge in [0.1, 0.15) is 11.5 Å². The average Bonchev–Trinajstić information content (AvgIpc) is 3.73. The molecule has 0 aliphatic carbocycles. The first-order chi connectivity index (χ1) is 21.7. The Labute approximate surface area is 252 Å². The molecular weight excluding hydrogens is 550 g/mol. The van der Waals surface area contributed by atoms with E-state index >= 15 is 0 Å². The predicted molar refractivity (Wildman–Crippen MR) is 169 cm³/mol. The van der Waals surface area contributed by atoms with Crippen molar-refractivity contribution in [3.63, 3.8) is 0 Å². The summed E-state index contributed by atoms with van der Waals surface area (Å²) in [5.41, 5.74) is 7.15. The lowest BCUT2D eigenvalue weighted by Gasteiger charge is -2.31. The summed E-state index contributed by atoms with van der Waals surface area (Å²) in [4.78, 5) is 28.9. The van der Waals surface area contributed by atoms with Crippen LogP contribution >= 0.6 is 0 Å². The molecule has 216 valence electrons. The second-order valence-electron chi connectivity index (χ2n) is 11.2. The molecule has 0 saturated carbocycles. The van der Waals surface area contributed by atoms with Gasteiger partial charge in [-0.1, -0.05) is 60.7 Å². The fraction of sp³-hybridized carbons (Fsp3) is 0.176. The second-order valence-corrected chi connectivity index (χ2v) is 11.2. The van der Waals surface area contributed by atoms with Gasteiger partial charge in [0.25, 0.3) is 0 Å². The maximum atomic E-state index is 12.2. The van der Waals surface area contributed by atoms with Crippen molar-refractivity contribution in [2.45, 2.75) is 25.3 Å². The fourth-order valence-corrected chi connectivity index (χ4v) is 6.13. The minimum Gasteiger partial charge on any atom is -0.299 e. The average molecular weight is 580 g/mol. The van der Waals surface area contributed by atoms with Gasteiger partial charge in [-0.3, -0.25) is 15.0 Å². The van der Waals surface area contributed by atoms with Gasteiger partial charge in [-0.25, -0.2) is 24.3 Å². The van der Waals surface area contributed by atoms with Gasteiger partial charge < -0.3 is 0 Å². The zero-order valence-electron chi connectivity index (χ0n) is 23.9. The molecule has 10 nitrogen and oxygen atoms in total. The Morgan fingerprint density at radius 1 is 0.818 bits per heavy atom. The van der Waals surface area contributed by atoms with Crippen molar-refractivity contribution < 1.29 is 0 Å². The van der Waals surface area contributed by atoms with E-state index < -0.39 is 0 Å². The van der Waals surface area contributed by atoms with E-state index in [1.54, 1.807) is 12.4 Å².